The third kappa shape index (κ3) is 3.60. The number of nitrogens with zero attached hydrogens (tertiary/aromatic N) is 1. The molecule has 2 aromatic carbocycles. The van der Waals surface area contributed by atoms with Gasteiger partial charge in [-0.2, -0.15) is 0 Å². The third-order valence-electron chi connectivity index (χ3n) is 4.73. The molecule has 1 fully saturated rings. The zero-order valence-corrected chi connectivity index (χ0v) is 14.5. The Morgan fingerprint density at radius 3 is 2.64 bits per heavy atom. The monoisotopic (exact) mass is 391 g/mol. The van der Waals surface area contributed by atoms with Crippen LogP contribution in [0.3, 0.4) is 0 Å². The Morgan fingerprint density at radius 2 is 1.93 bits per heavy atom. The Balaban J connectivity index is 1.49. The molecule has 0 bridgehead atoms. The molecule has 0 aromatic heterocycles. The molecular formula is C19H16F3N3O3. The molecule has 2 amide bonds. The van der Waals surface area contributed by atoms with Gasteiger partial charge in [0.05, 0.1) is 11.4 Å². The molecule has 6 nitrogen and oxygen atoms in total. The van der Waals surface area contributed by atoms with Crippen molar-refractivity contribution in [1.29, 1.82) is 0 Å². The molecule has 0 unspecified atom stereocenters. The van der Waals surface area contributed by atoms with Crippen molar-refractivity contribution in [3.05, 3.63) is 48.0 Å². The average Bonchev–Trinajstić information content (AvgIpc) is 3.12. The van der Waals surface area contributed by atoms with E-state index in [1.165, 1.54) is 12.1 Å². The maximum absolute atomic E-state index is 12.5. The first-order chi connectivity index (χ1) is 13.3. The van der Waals surface area contributed by atoms with Gasteiger partial charge in [0.1, 0.15) is 11.8 Å². The summed E-state index contributed by atoms with van der Waals surface area (Å²) in [6, 6.07) is 9.74. The number of benzene rings is 2. The number of rotatable bonds is 3. The van der Waals surface area contributed by atoms with Crippen molar-refractivity contribution in [3.8, 4) is 5.75 Å². The lowest BCUT2D eigenvalue weighted by molar-refractivity contribution is -0.274. The normalized spacial score (nSPS) is 18.2. The summed E-state index contributed by atoms with van der Waals surface area (Å²) in [5.41, 5.74) is 2.10. The van der Waals surface area contributed by atoms with Gasteiger partial charge in [0.25, 0.3) is 5.91 Å². The van der Waals surface area contributed by atoms with Crippen molar-refractivity contribution in [3.63, 3.8) is 0 Å². The number of carbonyl (C=O) groups excluding carboxylic acids is 2. The lowest BCUT2D eigenvalue weighted by Crippen LogP contribution is -2.43. The van der Waals surface area contributed by atoms with Crippen LogP contribution >= 0.6 is 0 Å². The number of fused-ring (bicyclic) bond motifs is 3. The number of nitrogens with one attached hydrogen (secondary N) is 2. The van der Waals surface area contributed by atoms with E-state index in [0.29, 0.717) is 16.9 Å². The van der Waals surface area contributed by atoms with Gasteiger partial charge in [-0.3, -0.25) is 9.59 Å². The van der Waals surface area contributed by atoms with E-state index in [4.69, 9.17) is 0 Å². The second-order valence-corrected chi connectivity index (χ2v) is 6.60. The Bertz CT molecular complexity index is 928. The maximum atomic E-state index is 12.5. The number of amides is 2. The van der Waals surface area contributed by atoms with Crippen LogP contribution in [-0.4, -0.2) is 30.8 Å². The second-order valence-electron chi connectivity index (χ2n) is 6.60. The highest BCUT2D eigenvalue weighted by molar-refractivity contribution is 6.08. The van der Waals surface area contributed by atoms with E-state index in [2.05, 4.69) is 15.4 Å². The van der Waals surface area contributed by atoms with Crippen molar-refractivity contribution in [2.45, 2.75) is 25.2 Å². The van der Waals surface area contributed by atoms with Crippen LogP contribution in [0.15, 0.2) is 42.5 Å². The molecule has 0 radical (unpaired) electrons. The summed E-state index contributed by atoms with van der Waals surface area (Å²) in [4.78, 5) is 26.7. The molecule has 0 aliphatic carbocycles. The molecule has 1 saturated heterocycles. The number of halogens is 3. The maximum Gasteiger partial charge on any atom is 0.573 e. The molecule has 4 rings (SSSR count). The first kappa shape index (κ1) is 18.1. The van der Waals surface area contributed by atoms with Crippen LogP contribution in [0.1, 0.15) is 23.2 Å². The second kappa shape index (κ2) is 6.74. The lowest BCUT2D eigenvalue weighted by atomic mass is 10.1. The third-order valence-corrected chi connectivity index (χ3v) is 4.73. The zero-order valence-electron chi connectivity index (χ0n) is 14.5. The number of alkyl halides is 3. The minimum absolute atomic E-state index is 0.0807. The highest BCUT2D eigenvalue weighted by atomic mass is 19.4. The van der Waals surface area contributed by atoms with E-state index in [0.717, 1.165) is 37.2 Å². The van der Waals surface area contributed by atoms with E-state index in [-0.39, 0.29) is 17.7 Å². The molecular weight excluding hydrogens is 375 g/mol. The molecule has 146 valence electrons. The molecule has 2 aliphatic rings. The van der Waals surface area contributed by atoms with Gasteiger partial charge in [-0.15, -0.1) is 13.2 Å². The topological polar surface area (TPSA) is 70.7 Å². The van der Waals surface area contributed by atoms with Gasteiger partial charge in [0.15, 0.2) is 0 Å². The fourth-order valence-corrected chi connectivity index (χ4v) is 3.51. The van der Waals surface area contributed by atoms with Crippen molar-refractivity contribution < 1.29 is 27.5 Å². The summed E-state index contributed by atoms with van der Waals surface area (Å²) in [5, 5.41) is 5.45. The smallest absolute Gasteiger partial charge is 0.406 e. The summed E-state index contributed by atoms with van der Waals surface area (Å²) >= 11 is 0. The van der Waals surface area contributed by atoms with Crippen LogP contribution in [-0.2, 0) is 4.79 Å². The van der Waals surface area contributed by atoms with Gasteiger partial charge in [-0.25, -0.2) is 0 Å². The van der Waals surface area contributed by atoms with E-state index < -0.39 is 12.3 Å². The average molecular weight is 391 g/mol. The van der Waals surface area contributed by atoms with Crippen LogP contribution < -0.4 is 20.3 Å². The number of carbonyl (C=O) groups is 2. The van der Waals surface area contributed by atoms with Gasteiger partial charge in [0.2, 0.25) is 5.91 Å². The minimum Gasteiger partial charge on any atom is -0.406 e. The fourth-order valence-electron chi connectivity index (χ4n) is 3.51. The summed E-state index contributed by atoms with van der Waals surface area (Å²) in [5.74, 6) is -0.893. The van der Waals surface area contributed by atoms with Crippen LogP contribution in [0.5, 0.6) is 5.75 Å². The van der Waals surface area contributed by atoms with Gasteiger partial charge in [-0.05, 0) is 55.3 Å². The minimum atomic E-state index is -4.77. The molecule has 2 aromatic rings. The molecule has 28 heavy (non-hydrogen) atoms. The lowest BCUT2D eigenvalue weighted by Gasteiger charge is -2.33. The standard InChI is InChI=1S/C19H16F3N3O3/c20-19(21,22)28-13-6-4-12(5-7-13)23-17(26)11-3-8-15-14(10-11)24-18(27)16-2-1-9-25(15)16/h3-8,10,16H,1-2,9H2,(H,23,26)(H,24,27)/t16-/m1/s1. The van der Waals surface area contributed by atoms with Gasteiger partial charge >= 0.3 is 6.36 Å². The predicted octanol–water partition coefficient (Wildman–Crippen LogP) is 3.76. The first-order valence-corrected chi connectivity index (χ1v) is 8.69. The van der Waals surface area contributed by atoms with Crippen molar-refractivity contribution in [1.82, 2.24) is 0 Å². The van der Waals surface area contributed by atoms with Crippen LogP contribution in [0, 0.1) is 0 Å². The predicted molar refractivity (Wildman–Crippen MR) is 96.5 cm³/mol. The number of ether oxygens (including phenoxy) is 1. The van der Waals surface area contributed by atoms with E-state index >= 15 is 0 Å². The van der Waals surface area contributed by atoms with Crippen molar-refractivity contribution in [2.24, 2.45) is 0 Å². The van der Waals surface area contributed by atoms with Crippen LogP contribution in [0.25, 0.3) is 0 Å². The number of anilines is 3. The highest BCUT2D eigenvalue weighted by Crippen LogP contribution is 2.37. The molecule has 1 atom stereocenters. The summed E-state index contributed by atoms with van der Waals surface area (Å²) in [7, 11) is 0. The number of hydrogen-bond acceptors (Lipinski definition) is 4. The van der Waals surface area contributed by atoms with Gasteiger partial charge in [0, 0.05) is 17.8 Å². The summed E-state index contributed by atoms with van der Waals surface area (Å²) in [6.45, 7) is 0.795. The SMILES string of the molecule is O=C(Nc1ccc(OC(F)(F)F)cc1)c1ccc2c(c1)NC(=O)[C@H]1CCCN21. The molecule has 2 aliphatic heterocycles. The Labute approximate surface area is 158 Å². The summed E-state index contributed by atoms with van der Waals surface area (Å²) < 4.78 is 40.4. The Morgan fingerprint density at radius 1 is 1.18 bits per heavy atom. The van der Waals surface area contributed by atoms with Crippen molar-refractivity contribution in [2.75, 3.05) is 22.1 Å². The van der Waals surface area contributed by atoms with E-state index in [1.54, 1.807) is 18.2 Å². The van der Waals surface area contributed by atoms with Gasteiger partial charge < -0.3 is 20.3 Å². The zero-order chi connectivity index (χ0) is 19.9. The van der Waals surface area contributed by atoms with Gasteiger partial charge in [-0.1, -0.05) is 0 Å². The molecule has 2 N–H and O–H groups in total. The molecule has 0 saturated carbocycles. The number of hydrogen-bond donors (Lipinski definition) is 2. The Kier molecular flexibility index (Phi) is 4.37. The quantitative estimate of drug-likeness (QED) is 0.836. The largest absolute Gasteiger partial charge is 0.573 e. The van der Waals surface area contributed by atoms with Crippen molar-refractivity contribution >= 4 is 28.9 Å². The fraction of sp³-hybridized carbons (Fsp3) is 0.263. The van der Waals surface area contributed by atoms with E-state index in [1.807, 2.05) is 4.90 Å². The van der Waals surface area contributed by atoms with Crippen LogP contribution in [0.2, 0.25) is 0 Å². The first-order valence-electron chi connectivity index (χ1n) is 8.69. The van der Waals surface area contributed by atoms with Crippen LogP contribution in [0.4, 0.5) is 30.2 Å². The Hall–Kier alpha value is -3.23. The van der Waals surface area contributed by atoms with E-state index in [9.17, 15) is 22.8 Å². The molecule has 9 heteroatoms. The molecule has 0 spiro atoms. The highest BCUT2D eigenvalue weighted by Gasteiger charge is 2.36. The molecule has 2 heterocycles. The summed E-state index contributed by atoms with van der Waals surface area (Å²) in [6.07, 6.45) is -3.03.